The van der Waals surface area contributed by atoms with E-state index in [1.165, 1.54) is 39.2 Å². The van der Waals surface area contributed by atoms with Crippen LogP contribution in [0, 0.1) is 13.8 Å². The van der Waals surface area contributed by atoms with Gasteiger partial charge in [0.15, 0.2) is 0 Å². The van der Waals surface area contributed by atoms with Gasteiger partial charge in [-0.25, -0.2) is 0 Å². The lowest BCUT2D eigenvalue weighted by Crippen LogP contribution is -2.34. The second kappa shape index (κ2) is 7.79. The highest BCUT2D eigenvalue weighted by Crippen LogP contribution is 2.32. The zero-order valence-corrected chi connectivity index (χ0v) is 13.9. The number of carbonyl (C=O) groups is 1. The molecule has 1 amide bonds. The summed E-state index contributed by atoms with van der Waals surface area (Å²) in [6.07, 6.45) is 5.59. The maximum Gasteiger partial charge on any atom is 0.253 e. The highest BCUT2D eigenvalue weighted by atomic mass is 16.5. The van der Waals surface area contributed by atoms with Crippen LogP contribution in [0.5, 0.6) is 0 Å². The zero-order chi connectivity index (χ0) is 16.1. The van der Waals surface area contributed by atoms with Crippen LogP contribution < -0.4 is 5.32 Å². The summed E-state index contributed by atoms with van der Waals surface area (Å²) in [6, 6.07) is 2.48. The van der Waals surface area contributed by atoms with E-state index in [2.05, 4.69) is 16.8 Å². The average Bonchev–Trinajstić information content (AvgIpc) is 2.81. The van der Waals surface area contributed by atoms with Crippen LogP contribution in [0.25, 0.3) is 0 Å². The van der Waals surface area contributed by atoms with Gasteiger partial charge in [0, 0.05) is 31.1 Å². The number of aliphatic hydroxyl groups is 1. The highest BCUT2D eigenvalue weighted by Gasteiger charge is 2.22. The molecule has 1 atom stereocenters. The Hall–Kier alpha value is -1.33. The van der Waals surface area contributed by atoms with Crippen LogP contribution in [0.4, 0.5) is 0 Å². The standard InChI is InChI=1S/C17H28N2O3/c1-12-9-16(17(21)18-10-15(20)11-22-3)13(2)19(12)14-7-5-4-6-8-14/h9,14-15,20H,4-8,10-11H2,1-3H3,(H,18,21). The fraction of sp³-hybridized carbons (Fsp3) is 0.706. The molecule has 0 aromatic carbocycles. The summed E-state index contributed by atoms with van der Waals surface area (Å²) in [5.41, 5.74) is 2.89. The number of aromatic nitrogens is 1. The molecule has 1 heterocycles. The number of hydrogen-bond acceptors (Lipinski definition) is 3. The number of aryl methyl sites for hydroxylation is 1. The molecule has 2 N–H and O–H groups in total. The van der Waals surface area contributed by atoms with Crippen LogP contribution in [-0.4, -0.2) is 41.9 Å². The van der Waals surface area contributed by atoms with E-state index >= 15 is 0 Å². The molecule has 2 rings (SSSR count). The highest BCUT2D eigenvalue weighted by molar-refractivity contribution is 5.95. The predicted molar refractivity (Wildman–Crippen MR) is 86.2 cm³/mol. The Bertz CT molecular complexity index is 504. The first-order chi connectivity index (χ1) is 10.5. The van der Waals surface area contributed by atoms with Crippen LogP contribution in [0.3, 0.4) is 0 Å². The van der Waals surface area contributed by atoms with Crippen LogP contribution in [0.15, 0.2) is 6.07 Å². The maximum absolute atomic E-state index is 12.3. The molecule has 1 aliphatic carbocycles. The molecule has 1 aliphatic rings. The Balaban J connectivity index is 2.06. The predicted octanol–water partition coefficient (Wildman–Crippen LogP) is 2.35. The lowest BCUT2D eigenvalue weighted by Gasteiger charge is -2.26. The van der Waals surface area contributed by atoms with Crippen molar-refractivity contribution in [3.63, 3.8) is 0 Å². The van der Waals surface area contributed by atoms with E-state index in [0.717, 1.165) is 11.4 Å². The zero-order valence-electron chi connectivity index (χ0n) is 13.9. The normalized spacial score (nSPS) is 17.5. The van der Waals surface area contributed by atoms with Gasteiger partial charge in [0.25, 0.3) is 5.91 Å². The smallest absolute Gasteiger partial charge is 0.253 e. The van der Waals surface area contributed by atoms with Crippen LogP contribution >= 0.6 is 0 Å². The number of hydrogen-bond donors (Lipinski definition) is 2. The van der Waals surface area contributed by atoms with E-state index in [4.69, 9.17) is 4.74 Å². The van der Waals surface area contributed by atoms with Crippen LogP contribution in [0.2, 0.25) is 0 Å². The number of methoxy groups -OCH3 is 1. The van der Waals surface area contributed by atoms with Crippen molar-refractivity contribution in [2.24, 2.45) is 0 Å². The molecular weight excluding hydrogens is 280 g/mol. The summed E-state index contributed by atoms with van der Waals surface area (Å²) in [5, 5.41) is 12.4. The first-order valence-electron chi connectivity index (χ1n) is 8.18. The summed E-state index contributed by atoms with van der Waals surface area (Å²) in [6.45, 7) is 4.52. The molecule has 0 radical (unpaired) electrons. The van der Waals surface area contributed by atoms with Gasteiger partial charge in [-0.15, -0.1) is 0 Å². The lowest BCUT2D eigenvalue weighted by atomic mass is 9.95. The number of nitrogens with one attached hydrogen (secondary N) is 1. The molecule has 1 saturated carbocycles. The molecule has 1 aromatic rings. The van der Waals surface area contributed by atoms with Crippen molar-refractivity contribution in [1.29, 1.82) is 0 Å². The van der Waals surface area contributed by atoms with Crippen molar-refractivity contribution in [2.45, 2.75) is 58.1 Å². The average molecular weight is 308 g/mol. The number of amides is 1. The monoisotopic (exact) mass is 308 g/mol. The van der Waals surface area contributed by atoms with Gasteiger partial charge in [-0.3, -0.25) is 4.79 Å². The van der Waals surface area contributed by atoms with Gasteiger partial charge in [-0.1, -0.05) is 19.3 Å². The molecule has 22 heavy (non-hydrogen) atoms. The number of rotatable bonds is 6. The molecule has 0 bridgehead atoms. The van der Waals surface area contributed by atoms with E-state index in [1.54, 1.807) is 0 Å². The van der Waals surface area contributed by atoms with Gasteiger partial charge in [-0.05, 0) is 32.8 Å². The van der Waals surface area contributed by atoms with Gasteiger partial charge >= 0.3 is 0 Å². The van der Waals surface area contributed by atoms with Gasteiger partial charge < -0.3 is 19.7 Å². The van der Waals surface area contributed by atoms with Gasteiger partial charge in [0.05, 0.1) is 18.3 Å². The van der Waals surface area contributed by atoms with Crippen molar-refractivity contribution in [1.82, 2.24) is 9.88 Å². The minimum Gasteiger partial charge on any atom is -0.389 e. The fourth-order valence-electron chi connectivity index (χ4n) is 3.47. The van der Waals surface area contributed by atoms with Gasteiger partial charge in [-0.2, -0.15) is 0 Å². The first kappa shape index (κ1) is 17.0. The third kappa shape index (κ3) is 3.90. The molecular formula is C17H28N2O3. The lowest BCUT2D eigenvalue weighted by molar-refractivity contribution is 0.0609. The third-order valence-corrected chi connectivity index (χ3v) is 4.53. The van der Waals surface area contributed by atoms with Crippen LogP contribution in [0.1, 0.15) is 59.9 Å². The summed E-state index contributed by atoms with van der Waals surface area (Å²) in [7, 11) is 1.53. The molecule has 0 spiro atoms. The van der Waals surface area contributed by atoms with Gasteiger partial charge in [0.2, 0.25) is 0 Å². The van der Waals surface area contributed by atoms with Crippen molar-refractivity contribution in [3.05, 3.63) is 23.0 Å². The molecule has 5 nitrogen and oxygen atoms in total. The van der Waals surface area contributed by atoms with Crippen molar-refractivity contribution >= 4 is 5.91 Å². The number of ether oxygens (including phenoxy) is 1. The Morgan fingerprint density at radius 2 is 2.09 bits per heavy atom. The minimum absolute atomic E-state index is 0.120. The Morgan fingerprint density at radius 3 is 2.73 bits per heavy atom. The molecule has 1 fully saturated rings. The van der Waals surface area contributed by atoms with E-state index < -0.39 is 6.10 Å². The summed E-state index contributed by atoms with van der Waals surface area (Å²) in [4.78, 5) is 12.3. The Morgan fingerprint density at radius 1 is 1.41 bits per heavy atom. The quantitative estimate of drug-likeness (QED) is 0.848. The summed E-state index contributed by atoms with van der Waals surface area (Å²) < 4.78 is 7.18. The van der Waals surface area contributed by atoms with Gasteiger partial charge in [0.1, 0.15) is 0 Å². The topological polar surface area (TPSA) is 63.5 Å². The Kier molecular flexibility index (Phi) is 6.03. The minimum atomic E-state index is -0.671. The third-order valence-electron chi connectivity index (χ3n) is 4.53. The van der Waals surface area contributed by atoms with Crippen molar-refractivity contribution in [3.8, 4) is 0 Å². The number of carbonyl (C=O) groups excluding carboxylic acids is 1. The number of nitrogens with zero attached hydrogens (tertiary/aromatic N) is 1. The molecule has 1 aromatic heterocycles. The van der Waals surface area contributed by atoms with Crippen molar-refractivity contribution in [2.75, 3.05) is 20.3 Å². The molecule has 0 aliphatic heterocycles. The van der Waals surface area contributed by atoms with E-state index in [1.807, 2.05) is 13.0 Å². The fourth-order valence-corrected chi connectivity index (χ4v) is 3.47. The molecule has 1 unspecified atom stereocenters. The van der Waals surface area contributed by atoms with Crippen molar-refractivity contribution < 1.29 is 14.6 Å². The maximum atomic E-state index is 12.3. The van der Waals surface area contributed by atoms with E-state index in [-0.39, 0.29) is 19.1 Å². The second-order valence-corrected chi connectivity index (χ2v) is 6.27. The Labute approximate surface area is 132 Å². The molecule has 5 heteroatoms. The van der Waals surface area contributed by atoms with E-state index in [9.17, 15) is 9.90 Å². The van der Waals surface area contributed by atoms with E-state index in [0.29, 0.717) is 11.6 Å². The number of aliphatic hydroxyl groups excluding tert-OH is 1. The SMILES string of the molecule is COCC(O)CNC(=O)c1cc(C)n(C2CCCCC2)c1C. The molecule has 124 valence electrons. The molecule has 0 saturated heterocycles. The largest absolute Gasteiger partial charge is 0.389 e. The summed E-state index contributed by atoms with van der Waals surface area (Å²) in [5.74, 6) is -0.120. The van der Waals surface area contributed by atoms with Crippen LogP contribution in [-0.2, 0) is 4.74 Å². The summed E-state index contributed by atoms with van der Waals surface area (Å²) >= 11 is 0. The first-order valence-corrected chi connectivity index (χ1v) is 8.18. The second-order valence-electron chi connectivity index (χ2n) is 6.27.